The van der Waals surface area contributed by atoms with Crippen molar-refractivity contribution < 1.29 is 63.1 Å². The number of phosphoric acid groups is 1. The lowest BCUT2D eigenvalue weighted by atomic mass is 9.85. The summed E-state index contributed by atoms with van der Waals surface area (Å²) in [6, 6.07) is 0. The molecule has 388 valence electrons. The van der Waals surface area contributed by atoms with Crippen molar-refractivity contribution in [3.05, 3.63) is 24.3 Å². The van der Waals surface area contributed by atoms with Gasteiger partial charge in [0, 0.05) is 12.8 Å². The van der Waals surface area contributed by atoms with Gasteiger partial charge in [0.1, 0.15) is 43.2 Å². The van der Waals surface area contributed by atoms with Gasteiger partial charge in [-0.1, -0.05) is 205 Å². The van der Waals surface area contributed by atoms with Crippen LogP contribution < -0.4 is 0 Å². The molecule has 0 radical (unpaired) electrons. The Kier molecular flexibility index (Phi) is 39.9. The summed E-state index contributed by atoms with van der Waals surface area (Å²) in [4.78, 5) is 35.9. The number of unbranched alkanes of at least 4 members (excludes halogenated alkanes) is 29. The van der Waals surface area contributed by atoms with Gasteiger partial charge in [-0.2, -0.15) is 0 Å². The fraction of sp³-hybridized carbons (Fsp3) is 0.885. The van der Waals surface area contributed by atoms with Crippen molar-refractivity contribution in [2.75, 3.05) is 13.2 Å². The Bertz CT molecular complexity index is 1250. The molecule has 0 aliphatic heterocycles. The van der Waals surface area contributed by atoms with Crippen molar-refractivity contribution in [1.82, 2.24) is 0 Å². The van der Waals surface area contributed by atoms with E-state index in [0.29, 0.717) is 12.8 Å². The summed E-state index contributed by atoms with van der Waals surface area (Å²) in [7, 11) is -5.12. The first-order valence-electron chi connectivity index (χ1n) is 26.6. The Labute approximate surface area is 400 Å². The number of allylic oxidation sites excluding steroid dienone is 4. The van der Waals surface area contributed by atoms with E-state index in [-0.39, 0.29) is 12.8 Å². The maximum atomic E-state index is 12.9. The summed E-state index contributed by atoms with van der Waals surface area (Å²) in [6.45, 7) is 3.31. The standard InChI is InChI=1S/C52H97O13P/c1-3-5-7-9-11-13-15-17-19-21-22-23-25-27-29-31-33-35-37-39-41-46(54)64-44(43-63-66(60,61)65-52-50(58)48(56)47(55)49(57)51(52)59)42-62-45(53)40-38-36-34-32-30-28-26-24-20-18-16-14-12-10-8-6-4-2/h12,14,18,20,44,47-52,55-59H,3-11,13,15-17,19,21-43H2,1-2H3,(H,60,61)/b14-12+,20-18+/t44-,47?,48-,49?,50?,51?,52?/m1/s1. The molecule has 8 atom stereocenters. The first-order chi connectivity index (χ1) is 31.9. The molecule has 0 spiro atoms. The fourth-order valence-electron chi connectivity index (χ4n) is 8.26. The quantitative estimate of drug-likeness (QED) is 0.0145. The Morgan fingerprint density at radius 2 is 0.818 bits per heavy atom. The van der Waals surface area contributed by atoms with E-state index in [4.69, 9.17) is 18.5 Å². The Morgan fingerprint density at radius 3 is 1.26 bits per heavy atom. The largest absolute Gasteiger partial charge is 0.472 e. The SMILES string of the molecule is CCCCC/C=C/C/C=C/CCCCCCCCCC(=O)OC[C@H](COP(=O)(O)OC1C(O)C(O)C(O)[C@@H](O)C1O)OC(=O)CCCCCCCCCCCCCCCCCCCCCC. The number of rotatable bonds is 45. The van der Waals surface area contributed by atoms with Gasteiger partial charge in [-0.05, 0) is 44.9 Å². The molecule has 0 amide bonds. The normalized spacial score (nSPS) is 21.4. The van der Waals surface area contributed by atoms with Crippen molar-refractivity contribution in [2.45, 2.75) is 281 Å². The number of carbonyl (C=O) groups excluding carboxylic acids is 2. The van der Waals surface area contributed by atoms with E-state index < -0.39 is 75.7 Å². The number of carbonyl (C=O) groups is 2. The van der Waals surface area contributed by atoms with Gasteiger partial charge in [0.05, 0.1) is 6.61 Å². The van der Waals surface area contributed by atoms with E-state index in [1.165, 1.54) is 135 Å². The molecule has 1 aliphatic carbocycles. The topological polar surface area (TPSA) is 210 Å². The van der Waals surface area contributed by atoms with Crippen molar-refractivity contribution in [1.29, 1.82) is 0 Å². The highest BCUT2D eigenvalue weighted by molar-refractivity contribution is 7.47. The van der Waals surface area contributed by atoms with Crippen LogP contribution in [0.2, 0.25) is 0 Å². The highest BCUT2D eigenvalue weighted by Gasteiger charge is 2.51. The predicted octanol–water partition coefficient (Wildman–Crippen LogP) is 11.6. The van der Waals surface area contributed by atoms with Crippen LogP contribution in [0.25, 0.3) is 0 Å². The van der Waals surface area contributed by atoms with E-state index in [2.05, 4.69) is 38.2 Å². The second-order valence-electron chi connectivity index (χ2n) is 18.7. The molecule has 0 aromatic rings. The van der Waals surface area contributed by atoms with Gasteiger partial charge in [-0.25, -0.2) is 4.57 Å². The summed E-state index contributed by atoms with van der Waals surface area (Å²) in [5.41, 5.74) is 0. The van der Waals surface area contributed by atoms with Crippen LogP contribution in [0.3, 0.4) is 0 Å². The van der Waals surface area contributed by atoms with E-state index in [0.717, 1.165) is 64.2 Å². The molecule has 6 unspecified atom stereocenters. The second-order valence-corrected chi connectivity index (χ2v) is 20.1. The highest BCUT2D eigenvalue weighted by Crippen LogP contribution is 2.47. The average molecular weight is 961 g/mol. The molecule has 13 nitrogen and oxygen atoms in total. The maximum absolute atomic E-state index is 12.9. The summed E-state index contributed by atoms with van der Waals surface area (Å²) in [5.74, 6) is -1.10. The van der Waals surface area contributed by atoms with Crippen molar-refractivity contribution in [3.63, 3.8) is 0 Å². The number of hydrogen-bond acceptors (Lipinski definition) is 12. The lowest BCUT2D eigenvalue weighted by molar-refractivity contribution is -0.220. The van der Waals surface area contributed by atoms with Crippen molar-refractivity contribution in [2.24, 2.45) is 0 Å². The number of ether oxygens (including phenoxy) is 2. The van der Waals surface area contributed by atoms with Crippen LogP contribution in [0.5, 0.6) is 0 Å². The van der Waals surface area contributed by atoms with Gasteiger partial charge in [-0.15, -0.1) is 0 Å². The van der Waals surface area contributed by atoms with Crippen LogP contribution >= 0.6 is 7.82 Å². The average Bonchev–Trinajstić information content (AvgIpc) is 3.30. The first-order valence-corrected chi connectivity index (χ1v) is 28.1. The summed E-state index contributed by atoms with van der Waals surface area (Å²) >= 11 is 0. The van der Waals surface area contributed by atoms with Gasteiger partial charge in [0.15, 0.2) is 6.10 Å². The van der Waals surface area contributed by atoms with Gasteiger partial charge in [0.2, 0.25) is 0 Å². The summed E-state index contributed by atoms with van der Waals surface area (Å²) < 4.78 is 33.7. The van der Waals surface area contributed by atoms with Gasteiger partial charge < -0.3 is 39.9 Å². The van der Waals surface area contributed by atoms with Crippen LogP contribution in [-0.4, -0.2) is 98.3 Å². The van der Waals surface area contributed by atoms with Crippen LogP contribution in [0.15, 0.2) is 24.3 Å². The minimum atomic E-state index is -5.12. The third-order valence-electron chi connectivity index (χ3n) is 12.5. The molecule has 14 heteroatoms. The zero-order valence-corrected chi connectivity index (χ0v) is 42.4. The fourth-order valence-corrected chi connectivity index (χ4v) is 9.23. The minimum absolute atomic E-state index is 0.100. The molecule has 0 aromatic carbocycles. The molecule has 1 saturated carbocycles. The van der Waals surface area contributed by atoms with Gasteiger partial charge in [0.25, 0.3) is 0 Å². The molecule has 66 heavy (non-hydrogen) atoms. The number of aliphatic hydroxyl groups is 5. The Balaban J connectivity index is 2.37. The molecule has 0 heterocycles. The summed E-state index contributed by atoms with van der Waals surface area (Å²) in [5, 5.41) is 50.3. The van der Waals surface area contributed by atoms with Gasteiger partial charge in [-0.3, -0.25) is 18.6 Å². The molecule has 0 aromatic heterocycles. The van der Waals surface area contributed by atoms with E-state index in [1.807, 2.05) is 0 Å². The zero-order chi connectivity index (χ0) is 48.5. The third-order valence-corrected chi connectivity index (χ3v) is 13.5. The summed E-state index contributed by atoms with van der Waals surface area (Å²) in [6.07, 6.45) is 35.1. The number of esters is 2. The molecule has 1 rings (SSSR count). The smallest absolute Gasteiger partial charge is 0.462 e. The van der Waals surface area contributed by atoms with Crippen LogP contribution in [-0.2, 0) is 32.7 Å². The second kappa shape index (κ2) is 42.2. The lowest BCUT2D eigenvalue weighted by Crippen LogP contribution is -2.64. The van der Waals surface area contributed by atoms with E-state index >= 15 is 0 Å². The van der Waals surface area contributed by atoms with E-state index in [1.54, 1.807) is 0 Å². The van der Waals surface area contributed by atoms with Crippen LogP contribution in [0, 0.1) is 0 Å². The van der Waals surface area contributed by atoms with E-state index in [9.17, 15) is 44.6 Å². The van der Waals surface area contributed by atoms with Gasteiger partial charge >= 0.3 is 19.8 Å². The van der Waals surface area contributed by atoms with Crippen LogP contribution in [0.1, 0.15) is 239 Å². The zero-order valence-electron chi connectivity index (χ0n) is 41.5. The van der Waals surface area contributed by atoms with Crippen LogP contribution in [0.4, 0.5) is 0 Å². The molecule has 1 fully saturated rings. The maximum Gasteiger partial charge on any atom is 0.472 e. The molecule has 6 N–H and O–H groups in total. The Hall–Kier alpha value is -1.67. The molecular weight excluding hydrogens is 864 g/mol. The molecule has 1 aliphatic rings. The van der Waals surface area contributed by atoms with Crippen molar-refractivity contribution >= 4 is 19.8 Å². The predicted molar refractivity (Wildman–Crippen MR) is 263 cm³/mol. The number of phosphoric ester groups is 1. The molecular formula is C52H97O13P. The first kappa shape index (κ1) is 62.3. The number of hydrogen-bond donors (Lipinski definition) is 6. The minimum Gasteiger partial charge on any atom is -0.462 e. The molecule has 0 saturated heterocycles. The van der Waals surface area contributed by atoms with Crippen molar-refractivity contribution in [3.8, 4) is 0 Å². The number of aliphatic hydroxyl groups excluding tert-OH is 5. The molecule has 0 bridgehead atoms. The highest BCUT2D eigenvalue weighted by atomic mass is 31.2. The third kappa shape index (κ3) is 33.8. The lowest BCUT2D eigenvalue weighted by Gasteiger charge is -2.41. The monoisotopic (exact) mass is 961 g/mol. The Morgan fingerprint density at radius 1 is 0.470 bits per heavy atom.